The first-order chi connectivity index (χ1) is 15.5. The molecule has 0 unspecified atom stereocenters. The van der Waals surface area contributed by atoms with Crippen LogP contribution in [0.1, 0.15) is 41.6 Å². The number of nitrogens with zero attached hydrogens (tertiary/aromatic N) is 3. The van der Waals surface area contributed by atoms with E-state index in [0.717, 1.165) is 36.7 Å². The van der Waals surface area contributed by atoms with Crippen molar-refractivity contribution in [2.45, 2.75) is 37.9 Å². The normalized spacial score (nSPS) is 18.3. The van der Waals surface area contributed by atoms with E-state index in [2.05, 4.69) is 25.5 Å². The fourth-order valence-corrected chi connectivity index (χ4v) is 4.76. The van der Waals surface area contributed by atoms with Gasteiger partial charge in [-0.3, -0.25) is 14.4 Å². The van der Waals surface area contributed by atoms with Crippen molar-refractivity contribution < 1.29 is 14.4 Å². The second kappa shape index (κ2) is 9.95. The van der Waals surface area contributed by atoms with Gasteiger partial charge in [0.05, 0.1) is 0 Å². The number of anilines is 2. The molecule has 32 heavy (non-hydrogen) atoms. The van der Waals surface area contributed by atoms with Crippen molar-refractivity contribution in [1.29, 1.82) is 0 Å². The fourth-order valence-electron chi connectivity index (χ4n) is 3.64. The van der Waals surface area contributed by atoms with Gasteiger partial charge < -0.3 is 15.5 Å². The number of piperidine rings is 1. The predicted octanol–water partition coefficient (Wildman–Crippen LogP) is 3.45. The van der Waals surface area contributed by atoms with Crippen LogP contribution in [0.25, 0.3) is 0 Å². The molecule has 0 saturated carbocycles. The van der Waals surface area contributed by atoms with Gasteiger partial charge in [0, 0.05) is 37.0 Å². The Morgan fingerprint density at radius 3 is 2.72 bits per heavy atom. The van der Waals surface area contributed by atoms with Crippen molar-refractivity contribution in [2.75, 3.05) is 23.7 Å². The topological polar surface area (TPSA) is 104 Å². The third kappa shape index (κ3) is 5.34. The number of amides is 3. The van der Waals surface area contributed by atoms with Crippen LogP contribution < -0.4 is 10.6 Å². The van der Waals surface area contributed by atoms with Gasteiger partial charge in [-0.25, -0.2) is 4.98 Å². The number of carbonyl (C=O) groups excluding carboxylic acids is 3. The van der Waals surface area contributed by atoms with Crippen molar-refractivity contribution in [1.82, 2.24) is 9.88 Å². The van der Waals surface area contributed by atoms with Crippen molar-refractivity contribution >= 4 is 46.2 Å². The summed E-state index contributed by atoms with van der Waals surface area (Å²) in [6, 6.07) is 10.3. The molecule has 1 atom stereocenters. The van der Waals surface area contributed by atoms with Crippen LogP contribution in [-0.4, -0.2) is 51.1 Å². The average Bonchev–Trinajstić information content (AvgIpc) is 3.16. The molecular weight excluding hydrogens is 426 g/mol. The molecule has 166 valence electrons. The van der Waals surface area contributed by atoms with Crippen LogP contribution in [0.15, 0.2) is 47.6 Å². The van der Waals surface area contributed by atoms with Gasteiger partial charge in [-0.05, 0) is 56.0 Å². The zero-order valence-electron chi connectivity index (χ0n) is 17.8. The van der Waals surface area contributed by atoms with Crippen LogP contribution in [0.3, 0.4) is 0 Å². The third-order valence-electron chi connectivity index (χ3n) is 5.38. The summed E-state index contributed by atoms with van der Waals surface area (Å²) < 4.78 is 0. The number of nitrogens with one attached hydrogen (secondary N) is 2. The zero-order chi connectivity index (χ0) is 22.5. The molecule has 0 radical (unpaired) electrons. The lowest BCUT2D eigenvalue weighted by atomic mass is 10.1. The minimum Gasteiger partial charge on any atom is -0.351 e. The lowest BCUT2D eigenvalue weighted by Crippen LogP contribution is -2.33. The molecule has 0 bridgehead atoms. The van der Waals surface area contributed by atoms with E-state index in [4.69, 9.17) is 0 Å². The molecule has 8 nitrogen and oxygen atoms in total. The molecule has 9 heteroatoms. The smallest absolute Gasteiger partial charge is 0.262 e. The van der Waals surface area contributed by atoms with E-state index in [1.807, 2.05) is 13.0 Å². The minimum atomic E-state index is -0.509. The number of pyridine rings is 1. The van der Waals surface area contributed by atoms with Crippen molar-refractivity contribution in [3.8, 4) is 0 Å². The van der Waals surface area contributed by atoms with E-state index in [1.165, 1.54) is 18.2 Å². The first kappa shape index (κ1) is 22.0. The molecule has 2 aliphatic heterocycles. The van der Waals surface area contributed by atoms with Gasteiger partial charge in [-0.2, -0.15) is 4.99 Å². The average molecular weight is 452 g/mol. The Labute approximate surface area is 190 Å². The highest BCUT2D eigenvalue weighted by Gasteiger charge is 2.33. The summed E-state index contributed by atoms with van der Waals surface area (Å²) >= 11 is 1.37. The van der Waals surface area contributed by atoms with Gasteiger partial charge >= 0.3 is 0 Å². The van der Waals surface area contributed by atoms with Crippen LogP contribution in [0.2, 0.25) is 0 Å². The molecule has 1 saturated heterocycles. The molecule has 0 spiro atoms. The summed E-state index contributed by atoms with van der Waals surface area (Å²) in [7, 11) is 0. The molecule has 1 aromatic carbocycles. The Balaban J connectivity index is 1.33. The van der Waals surface area contributed by atoms with Crippen LogP contribution in [0, 0.1) is 6.92 Å². The monoisotopic (exact) mass is 451 g/mol. The number of hydrogen-bond acceptors (Lipinski definition) is 6. The highest BCUT2D eigenvalue weighted by atomic mass is 32.2. The quantitative estimate of drug-likeness (QED) is 0.722. The molecule has 3 heterocycles. The molecule has 2 aromatic rings. The number of likely N-dealkylation sites (tertiary alicyclic amines) is 1. The summed E-state index contributed by atoms with van der Waals surface area (Å²) in [6.07, 6.45) is 5.05. The lowest BCUT2D eigenvalue weighted by Gasteiger charge is -2.27. The molecule has 0 aliphatic carbocycles. The largest absolute Gasteiger partial charge is 0.351 e. The van der Waals surface area contributed by atoms with Crippen LogP contribution in [0.4, 0.5) is 11.5 Å². The van der Waals surface area contributed by atoms with Crippen LogP contribution in [-0.2, 0) is 9.59 Å². The number of aryl methyl sites for hydroxylation is 1. The highest BCUT2D eigenvalue weighted by Crippen LogP contribution is 2.29. The second-order valence-electron chi connectivity index (χ2n) is 7.84. The standard InChI is InChI=1S/C23H25N5O3S/c1-15-7-6-10-24-20(15)26-21(30)16-8-5-9-17(13-16)25-19(29)14-18-22(31)27-23(32-18)28-11-3-2-4-12-28/h5-10,13,18H,2-4,11-12,14H2,1H3,(H,25,29)(H,24,26,30)/t18-/m0/s1. The minimum absolute atomic E-state index is 0.0356. The number of hydrogen-bond donors (Lipinski definition) is 2. The van der Waals surface area contributed by atoms with E-state index in [0.29, 0.717) is 17.1 Å². The zero-order valence-corrected chi connectivity index (χ0v) is 18.7. The van der Waals surface area contributed by atoms with Crippen molar-refractivity contribution in [2.24, 2.45) is 4.99 Å². The molecule has 2 N–H and O–H groups in total. The van der Waals surface area contributed by atoms with Crippen molar-refractivity contribution in [3.05, 3.63) is 53.7 Å². The molecule has 1 aromatic heterocycles. The summed E-state index contributed by atoms with van der Waals surface area (Å²) in [5.74, 6) is -0.370. The Morgan fingerprint density at radius 1 is 1.12 bits per heavy atom. The van der Waals surface area contributed by atoms with Gasteiger partial charge in [0.25, 0.3) is 11.8 Å². The van der Waals surface area contributed by atoms with Gasteiger partial charge in [-0.15, -0.1) is 0 Å². The summed E-state index contributed by atoms with van der Waals surface area (Å²) in [5, 5.41) is 5.79. The Kier molecular flexibility index (Phi) is 6.84. The SMILES string of the molecule is Cc1cccnc1NC(=O)c1cccc(NC(=O)C[C@@H]2SC(N3CCCCC3)=NC2=O)c1. The number of carbonyl (C=O) groups is 3. The number of aliphatic imine (C=N–C) groups is 1. The number of amidine groups is 1. The summed E-state index contributed by atoms with van der Waals surface area (Å²) in [6.45, 7) is 3.68. The van der Waals surface area contributed by atoms with E-state index in [-0.39, 0.29) is 24.1 Å². The molecular formula is C23H25N5O3S. The third-order valence-corrected chi connectivity index (χ3v) is 6.59. The van der Waals surface area contributed by atoms with E-state index in [1.54, 1.807) is 36.5 Å². The van der Waals surface area contributed by atoms with Gasteiger partial charge in [0.2, 0.25) is 5.91 Å². The molecule has 1 fully saturated rings. The number of aromatic nitrogens is 1. The maximum atomic E-state index is 12.6. The Bertz CT molecular complexity index is 1070. The fraction of sp³-hybridized carbons (Fsp3) is 0.348. The van der Waals surface area contributed by atoms with E-state index >= 15 is 0 Å². The lowest BCUT2D eigenvalue weighted by molar-refractivity contribution is -0.121. The number of rotatable bonds is 5. The maximum absolute atomic E-state index is 12.6. The van der Waals surface area contributed by atoms with Crippen molar-refractivity contribution in [3.63, 3.8) is 0 Å². The second-order valence-corrected chi connectivity index (χ2v) is 9.01. The summed E-state index contributed by atoms with van der Waals surface area (Å²) in [5.41, 5.74) is 1.75. The van der Waals surface area contributed by atoms with Gasteiger partial charge in [-0.1, -0.05) is 23.9 Å². The van der Waals surface area contributed by atoms with E-state index < -0.39 is 5.25 Å². The molecule has 2 aliphatic rings. The molecule has 3 amide bonds. The predicted molar refractivity (Wildman–Crippen MR) is 126 cm³/mol. The summed E-state index contributed by atoms with van der Waals surface area (Å²) in [4.78, 5) is 47.9. The highest BCUT2D eigenvalue weighted by molar-refractivity contribution is 8.15. The van der Waals surface area contributed by atoms with Crippen LogP contribution >= 0.6 is 11.8 Å². The van der Waals surface area contributed by atoms with Gasteiger partial charge in [0.1, 0.15) is 11.1 Å². The van der Waals surface area contributed by atoms with E-state index in [9.17, 15) is 14.4 Å². The Morgan fingerprint density at radius 2 is 1.94 bits per heavy atom. The maximum Gasteiger partial charge on any atom is 0.262 e. The molecule has 4 rings (SSSR count). The van der Waals surface area contributed by atoms with Crippen LogP contribution in [0.5, 0.6) is 0 Å². The number of thioether (sulfide) groups is 1. The first-order valence-corrected chi connectivity index (χ1v) is 11.5. The first-order valence-electron chi connectivity index (χ1n) is 10.7. The number of benzene rings is 1. The Hall–Kier alpha value is -3.20. The van der Waals surface area contributed by atoms with Gasteiger partial charge in [0.15, 0.2) is 5.17 Å².